The number of hydrogen-bond donors (Lipinski definition) is 0. The van der Waals surface area contributed by atoms with Gasteiger partial charge in [0.25, 0.3) is 0 Å². The van der Waals surface area contributed by atoms with Crippen LogP contribution in [0.1, 0.15) is 19.4 Å². The van der Waals surface area contributed by atoms with E-state index in [0.717, 1.165) is 12.1 Å². The molecule has 0 spiro atoms. The fourth-order valence-corrected chi connectivity index (χ4v) is 3.17. The maximum atomic E-state index is 11.8. The first-order valence-corrected chi connectivity index (χ1v) is 8.11. The molecule has 2 heterocycles. The van der Waals surface area contributed by atoms with E-state index in [1.807, 2.05) is 19.1 Å². The summed E-state index contributed by atoms with van der Waals surface area (Å²) < 4.78 is 2.29. The molecular formula is C19H18N2O3. The van der Waals surface area contributed by atoms with Gasteiger partial charge in [-0.1, -0.05) is 24.3 Å². The van der Waals surface area contributed by atoms with Crippen LogP contribution in [0.4, 0.5) is 0 Å². The summed E-state index contributed by atoms with van der Waals surface area (Å²) in [4.78, 5) is 22.2. The number of aromatic nitrogens is 1. The number of nitrogens with zero attached hydrogens (tertiary/aromatic N) is 2. The quantitative estimate of drug-likeness (QED) is 0.686. The van der Waals surface area contributed by atoms with Crippen molar-refractivity contribution in [2.45, 2.75) is 20.4 Å². The fraction of sp³-hybridized carbons (Fsp3) is 0.211. The molecule has 0 amide bonds. The van der Waals surface area contributed by atoms with Crippen molar-refractivity contribution in [3.8, 4) is 0 Å². The Labute approximate surface area is 139 Å². The minimum absolute atomic E-state index is 0.204. The van der Waals surface area contributed by atoms with Crippen LogP contribution in [0.3, 0.4) is 0 Å². The van der Waals surface area contributed by atoms with Gasteiger partial charge in [0.1, 0.15) is 0 Å². The van der Waals surface area contributed by atoms with Gasteiger partial charge in [-0.3, -0.25) is 0 Å². The summed E-state index contributed by atoms with van der Waals surface area (Å²) >= 11 is 0. The number of benzene rings is 2. The number of hydroxylamine groups is 2. The Morgan fingerprint density at radius 3 is 2.50 bits per heavy atom. The molecule has 1 fully saturated rings. The highest BCUT2D eigenvalue weighted by molar-refractivity contribution is 6.08. The molecular weight excluding hydrogens is 304 g/mol. The summed E-state index contributed by atoms with van der Waals surface area (Å²) in [6, 6.07) is 14.5. The summed E-state index contributed by atoms with van der Waals surface area (Å²) in [7, 11) is 0. The molecule has 1 aliphatic rings. The molecule has 0 bridgehead atoms. The topological polar surface area (TPSA) is 43.7 Å². The van der Waals surface area contributed by atoms with Crippen molar-refractivity contribution < 1.29 is 14.5 Å². The molecule has 122 valence electrons. The van der Waals surface area contributed by atoms with Crippen molar-refractivity contribution >= 4 is 33.9 Å². The number of carbonyl (C=O) groups excluding carboxylic acids is 1. The largest absolute Gasteiger partial charge is 0.397 e. The van der Waals surface area contributed by atoms with Crippen LogP contribution in [0.5, 0.6) is 0 Å². The Hall–Kier alpha value is -2.79. The number of para-hydroxylation sites is 1. The molecule has 2 aromatic carbocycles. The second-order valence-corrected chi connectivity index (χ2v) is 5.67. The SMILES string of the molecule is CCN1OC(=O)C(=Cc2ccc3c(c2)c2ccccc2n3CC)O1. The van der Waals surface area contributed by atoms with E-state index in [2.05, 4.69) is 41.8 Å². The number of rotatable bonds is 3. The van der Waals surface area contributed by atoms with E-state index in [1.165, 1.54) is 27.0 Å². The van der Waals surface area contributed by atoms with Crippen LogP contribution >= 0.6 is 0 Å². The van der Waals surface area contributed by atoms with Crippen molar-refractivity contribution in [1.29, 1.82) is 0 Å². The molecule has 0 unspecified atom stereocenters. The molecule has 1 saturated heterocycles. The molecule has 0 radical (unpaired) electrons. The standard InChI is InChI=1S/C19H18N2O3/c1-3-20-16-8-6-5-7-14(16)15-11-13(9-10-17(15)20)12-18-19(22)24-21(4-2)23-18/h5-12H,3-4H2,1-2H3. The van der Waals surface area contributed by atoms with Crippen molar-refractivity contribution in [2.24, 2.45) is 0 Å². The lowest BCUT2D eigenvalue weighted by molar-refractivity contribution is -0.278. The first-order valence-electron chi connectivity index (χ1n) is 8.11. The average molecular weight is 322 g/mol. The zero-order valence-corrected chi connectivity index (χ0v) is 13.7. The van der Waals surface area contributed by atoms with E-state index in [0.29, 0.717) is 6.54 Å². The van der Waals surface area contributed by atoms with Crippen LogP contribution in [-0.4, -0.2) is 22.3 Å². The van der Waals surface area contributed by atoms with Crippen LogP contribution < -0.4 is 0 Å². The van der Waals surface area contributed by atoms with Crippen molar-refractivity contribution in [3.05, 3.63) is 53.8 Å². The highest BCUT2D eigenvalue weighted by Crippen LogP contribution is 2.30. The van der Waals surface area contributed by atoms with Gasteiger partial charge in [-0.15, -0.1) is 0 Å². The monoisotopic (exact) mass is 322 g/mol. The van der Waals surface area contributed by atoms with Gasteiger partial charge in [0.05, 0.1) is 6.54 Å². The van der Waals surface area contributed by atoms with Crippen LogP contribution in [0.25, 0.3) is 27.9 Å². The van der Waals surface area contributed by atoms with Gasteiger partial charge in [-0.2, -0.15) is 0 Å². The molecule has 1 aliphatic heterocycles. The Bertz CT molecular complexity index is 971. The lowest BCUT2D eigenvalue weighted by Gasteiger charge is -2.05. The molecule has 3 aromatic rings. The van der Waals surface area contributed by atoms with Gasteiger partial charge in [-0.05, 0) is 43.7 Å². The van der Waals surface area contributed by atoms with E-state index < -0.39 is 5.97 Å². The van der Waals surface area contributed by atoms with Crippen molar-refractivity contribution in [1.82, 2.24) is 9.79 Å². The first kappa shape index (κ1) is 14.8. The molecule has 5 nitrogen and oxygen atoms in total. The van der Waals surface area contributed by atoms with Gasteiger partial charge in [-0.25, -0.2) is 4.79 Å². The Morgan fingerprint density at radius 1 is 0.958 bits per heavy atom. The predicted octanol–water partition coefficient (Wildman–Crippen LogP) is 3.88. The van der Waals surface area contributed by atoms with E-state index in [-0.39, 0.29) is 5.76 Å². The van der Waals surface area contributed by atoms with Gasteiger partial charge >= 0.3 is 5.97 Å². The number of carbonyl (C=O) groups is 1. The number of hydrogen-bond acceptors (Lipinski definition) is 4. The third kappa shape index (κ3) is 2.25. The highest BCUT2D eigenvalue weighted by atomic mass is 17.0. The Morgan fingerprint density at radius 2 is 1.75 bits per heavy atom. The second kappa shape index (κ2) is 5.69. The zero-order valence-electron chi connectivity index (χ0n) is 13.7. The third-order valence-corrected chi connectivity index (χ3v) is 4.25. The molecule has 0 N–H and O–H groups in total. The highest BCUT2D eigenvalue weighted by Gasteiger charge is 2.28. The summed E-state index contributed by atoms with van der Waals surface area (Å²) in [5.74, 6) is -0.261. The Kier molecular flexibility index (Phi) is 3.50. The summed E-state index contributed by atoms with van der Waals surface area (Å²) in [6.07, 6.45) is 1.72. The third-order valence-electron chi connectivity index (χ3n) is 4.25. The summed E-state index contributed by atoms with van der Waals surface area (Å²) in [5.41, 5.74) is 3.31. The summed E-state index contributed by atoms with van der Waals surface area (Å²) in [5, 5.41) is 3.55. The minimum atomic E-state index is -0.465. The van der Waals surface area contributed by atoms with Crippen LogP contribution in [0.15, 0.2) is 48.2 Å². The molecule has 0 saturated carbocycles. The maximum absolute atomic E-state index is 11.8. The average Bonchev–Trinajstić information content (AvgIpc) is 3.12. The van der Waals surface area contributed by atoms with E-state index in [1.54, 1.807) is 6.08 Å². The lowest BCUT2D eigenvalue weighted by atomic mass is 10.1. The molecule has 0 atom stereocenters. The van der Waals surface area contributed by atoms with E-state index in [4.69, 9.17) is 9.68 Å². The van der Waals surface area contributed by atoms with Gasteiger partial charge < -0.3 is 14.2 Å². The van der Waals surface area contributed by atoms with Crippen LogP contribution in [0, 0.1) is 0 Å². The fourth-order valence-electron chi connectivity index (χ4n) is 3.17. The maximum Gasteiger partial charge on any atom is 0.397 e. The molecule has 5 heteroatoms. The minimum Gasteiger partial charge on any atom is -0.363 e. The molecule has 4 rings (SSSR count). The smallest absolute Gasteiger partial charge is 0.363 e. The number of aryl methyl sites for hydroxylation is 1. The van der Waals surface area contributed by atoms with E-state index >= 15 is 0 Å². The second-order valence-electron chi connectivity index (χ2n) is 5.67. The first-order chi connectivity index (χ1) is 11.7. The van der Waals surface area contributed by atoms with Crippen molar-refractivity contribution in [2.75, 3.05) is 6.54 Å². The lowest BCUT2D eigenvalue weighted by Crippen LogP contribution is -2.15. The Balaban J connectivity index is 1.84. The van der Waals surface area contributed by atoms with Crippen LogP contribution in [0.2, 0.25) is 0 Å². The zero-order chi connectivity index (χ0) is 16.7. The predicted molar refractivity (Wildman–Crippen MR) is 92.7 cm³/mol. The van der Waals surface area contributed by atoms with Crippen LogP contribution in [-0.2, 0) is 21.0 Å². The molecule has 24 heavy (non-hydrogen) atoms. The van der Waals surface area contributed by atoms with Crippen molar-refractivity contribution in [3.63, 3.8) is 0 Å². The van der Waals surface area contributed by atoms with Gasteiger partial charge in [0.2, 0.25) is 5.76 Å². The summed E-state index contributed by atoms with van der Waals surface area (Å²) in [6.45, 7) is 5.38. The molecule has 0 aliphatic carbocycles. The van der Waals surface area contributed by atoms with E-state index in [9.17, 15) is 4.79 Å². The molecule has 1 aromatic heterocycles. The van der Waals surface area contributed by atoms with Gasteiger partial charge in [0, 0.05) is 33.6 Å². The van der Waals surface area contributed by atoms with Gasteiger partial charge in [0.15, 0.2) is 0 Å². The normalized spacial score (nSPS) is 16.9. The number of fused-ring (bicyclic) bond motifs is 3.